The zero-order valence-corrected chi connectivity index (χ0v) is 12.2. The maximum absolute atomic E-state index is 12.1. The molecule has 1 aromatic heterocycles. The average molecular weight is 280 g/mol. The van der Waals surface area contributed by atoms with Crippen LogP contribution in [0.3, 0.4) is 0 Å². The third-order valence-electron chi connectivity index (χ3n) is 4.03. The first-order chi connectivity index (χ1) is 9.19. The Morgan fingerprint density at radius 1 is 1.58 bits per heavy atom. The summed E-state index contributed by atoms with van der Waals surface area (Å²) in [4.78, 5) is 18.3. The summed E-state index contributed by atoms with van der Waals surface area (Å²) in [6, 6.07) is 0.406. The van der Waals surface area contributed by atoms with E-state index in [1.54, 1.807) is 16.2 Å². The summed E-state index contributed by atoms with van der Waals surface area (Å²) in [6.45, 7) is 4.78. The van der Waals surface area contributed by atoms with Crippen molar-refractivity contribution in [2.45, 2.75) is 25.9 Å². The number of fused-ring (bicyclic) bond motifs is 1. The van der Waals surface area contributed by atoms with Crippen LogP contribution in [0.2, 0.25) is 0 Å². The third-order valence-corrected chi connectivity index (χ3v) is 5.07. The first kappa shape index (κ1) is 12.9. The predicted molar refractivity (Wildman–Crippen MR) is 75.1 cm³/mol. The molecule has 0 spiro atoms. The molecule has 6 heteroatoms. The quantitative estimate of drug-likeness (QED) is 0.867. The van der Waals surface area contributed by atoms with Gasteiger partial charge in [-0.15, -0.1) is 11.3 Å². The Balaban J connectivity index is 1.49. The van der Waals surface area contributed by atoms with Gasteiger partial charge in [0.05, 0.1) is 17.2 Å². The Bertz CT molecular complexity index is 465. The monoisotopic (exact) mass is 280 g/mol. The van der Waals surface area contributed by atoms with Crippen LogP contribution in [0, 0.1) is 11.8 Å². The van der Waals surface area contributed by atoms with Crippen LogP contribution in [0.1, 0.15) is 17.6 Å². The molecule has 0 bridgehead atoms. The van der Waals surface area contributed by atoms with E-state index in [-0.39, 0.29) is 6.03 Å². The Kier molecular flexibility index (Phi) is 3.45. The number of urea groups is 1. The van der Waals surface area contributed by atoms with Crippen LogP contribution >= 0.6 is 11.3 Å². The van der Waals surface area contributed by atoms with E-state index in [0.717, 1.165) is 30.2 Å². The molecule has 1 aromatic rings. The minimum atomic E-state index is 0.0189. The molecule has 2 heterocycles. The number of piperidine rings is 1. The van der Waals surface area contributed by atoms with E-state index in [4.69, 9.17) is 0 Å². The summed E-state index contributed by atoms with van der Waals surface area (Å²) in [7, 11) is 1.83. The van der Waals surface area contributed by atoms with Crippen LogP contribution in [0.5, 0.6) is 0 Å². The molecule has 2 N–H and O–H groups in total. The van der Waals surface area contributed by atoms with E-state index in [1.165, 1.54) is 0 Å². The zero-order chi connectivity index (χ0) is 13.4. The van der Waals surface area contributed by atoms with Crippen molar-refractivity contribution < 1.29 is 4.79 Å². The Hall–Kier alpha value is -1.14. The number of aromatic nitrogens is 1. The van der Waals surface area contributed by atoms with Gasteiger partial charge in [-0.2, -0.15) is 0 Å². The standard InChI is InChI=1S/C13H20N4OS/c1-3-11-15-8(7-19-11)6-17(2)13(18)16-12-9-4-14-5-10(9)12/h7,9-10,12,14H,3-6H2,1-2H3,(H,16,18)/t9-,10+,12?. The molecule has 19 heavy (non-hydrogen) atoms. The molecule has 1 aliphatic carbocycles. The highest BCUT2D eigenvalue weighted by molar-refractivity contribution is 7.09. The topological polar surface area (TPSA) is 57.3 Å². The van der Waals surface area contributed by atoms with Crippen LogP contribution < -0.4 is 10.6 Å². The number of thiazole rings is 1. The summed E-state index contributed by atoms with van der Waals surface area (Å²) >= 11 is 1.67. The number of carbonyl (C=O) groups is 1. The van der Waals surface area contributed by atoms with Crippen LogP contribution in [0.15, 0.2) is 5.38 Å². The van der Waals surface area contributed by atoms with Crippen molar-refractivity contribution in [1.29, 1.82) is 0 Å². The maximum Gasteiger partial charge on any atom is 0.317 e. The third kappa shape index (κ3) is 2.60. The highest BCUT2D eigenvalue weighted by Gasteiger charge is 2.53. The van der Waals surface area contributed by atoms with Gasteiger partial charge < -0.3 is 15.5 Å². The molecule has 5 nitrogen and oxygen atoms in total. The lowest BCUT2D eigenvalue weighted by atomic mass is 10.4. The number of aryl methyl sites for hydroxylation is 1. The smallest absolute Gasteiger partial charge is 0.317 e. The van der Waals surface area contributed by atoms with Crippen LogP contribution in [-0.4, -0.2) is 42.1 Å². The lowest BCUT2D eigenvalue weighted by molar-refractivity contribution is 0.204. The molecule has 2 aliphatic rings. The number of hydrogen-bond acceptors (Lipinski definition) is 4. The number of nitrogens with zero attached hydrogens (tertiary/aromatic N) is 2. The summed E-state index contributed by atoms with van der Waals surface area (Å²) in [5, 5.41) is 9.62. The lowest BCUT2D eigenvalue weighted by Gasteiger charge is -2.17. The van der Waals surface area contributed by atoms with Crippen molar-refractivity contribution in [3.63, 3.8) is 0 Å². The Morgan fingerprint density at radius 3 is 2.95 bits per heavy atom. The molecule has 2 amide bonds. The molecule has 1 saturated heterocycles. The van der Waals surface area contributed by atoms with Gasteiger partial charge in [0.15, 0.2) is 0 Å². The van der Waals surface area contributed by atoms with E-state index in [1.807, 2.05) is 12.4 Å². The minimum Gasteiger partial charge on any atom is -0.335 e. The molecular formula is C13H20N4OS. The summed E-state index contributed by atoms with van der Waals surface area (Å²) in [6.07, 6.45) is 0.957. The van der Waals surface area contributed by atoms with Gasteiger partial charge in [-0.3, -0.25) is 0 Å². The minimum absolute atomic E-state index is 0.0189. The van der Waals surface area contributed by atoms with Crippen molar-refractivity contribution in [3.8, 4) is 0 Å². The van der Waals surface area contributed by atoms with Crippen molar-refractivity contribution in [1.82, 2.24) is 20.5 Å². The highest BCUT2D eigenvalue weighted by Crippen LogP contribution is 2.41. The molecule has 2 fully saturated rings. The first-order valence-corrected chi connectivity index (χ1v) is 7.72. The fourth-order valence-corrected chi connectivity index (χ4v) is 3.52. The molecule has 1 unspecified atom stereocenters. The summed E-state index contributed by atoms with van der Waals surface area (Å²) in [5.41, 5.74) is 0.983. The number of hydrogen-bond donors (Lipinski definition) is 2. The second-order valence-corrected chi connectivity index (χ2v) is 6.35. The van der Waals surface area contributed by atoms with Gasteiger partial charge in [-0.25, -0.2) is 9.78 Å². The average Bonchev–Trinajstić information content (AvgIpc) is 2.83. The van der Waals surface area contributed by atoms with Gasteiger partial charge in [0, 0.05) is 31.6 Å². The number of carbonyl (C=O) groups excluding carboxylic acids is 1. The molecule has 0 radical (unpaired) electrons. The van der Waals surface area contributed by atoms with Gasteiger partial charge in [0.2, 0.25) is 0 Å². The summed E-state index contributed by atoms with van der Waals surface area (Å²) < 4.78 is 0. The van der Waals surface area contributed by atoms with E-state index in [0.29, 0.717) is 24.4 Å². The second kappa shape index (κ2) is 5.09. The number of amides is 2. The van der Waals surface area contributed by atoms with Crippen LogP contribution in [-0.2, 0) is 13.0 Å². The summed E-state index contributed by atoms with van der Waals surface area (Å²) in [5.74, 6) is 1.31. The van der Waals surface area contributed by atoms with Gasteiger partial charge in [0.25, 0.3) is 0 Å². The fraction of sp³-hybridized carbons (Fsp3) is 0.692. The highest BCUT2D eigenvalue weighted by atomic mass is 32.1. The first-order valence-electron chi connectivity index (χ1n) is 6.84. The Labute approximate surface area is 117 Å². The van der Waals surface area contributed by atoms with Crippen LogP contribution in [0.25, 0.3) is 0 Å². The normalized spacial score (nSPS) is 28.0. The lowest BCUT2D eigenvalue weighted by Crippen LogP contribution is -2.40. The van der Waals surface area contributed by atoms with Crippen molar-refractivity contribution in [2.24, 2.45) is 11.8 Å². The SMILES string of the molecule is CCc1nc(CN(C)C(=O)NC2[C@H]3CNC[C@@H]23)cs1. The second-order valence-electron chi connectivity index (χ2n) is 5.40. The van der Waals surface area contributed by atoms with E-state index in [2.05, 4.69) is 22.5 Å². The van der Waals surface area contributed by atoms with Crippen molar-refractivity contribution in [2.75, 3.05) is 20.1 Å². The molecule has 104 valence electrons. The molecule has 3 atom stereocenters. The van der Waals surface area contributed by atoms with Gasteiger partial charge >= 0.3 is 6.03 Å². The molecule has 3 rings (SSSR count). The molecule has 1 saturated carbocycles. The maximum atomic E-state index is 12.1. The van der Waals surface area contributed by atoms with Gasteiger partial charge in [-0.1, -0.05) is 6.92 Å². The molecular weight excluding hydrogens is 260 g/mol. The van der Waals surface area contributed by atoms with Gasteiger partial charge in [-0.05, 0) is 18.3 Å². The van der Waals surface area contributed by atoms with Gasteiger partial charge in [0.1, 0.15) is 0 Å². The van der Waals surface area contributed by atoms with Crippen molar-refractivity contribution >= 4 is 17.4 Å². The largest absolute Gasteiger partial charge is 0.335 e. The number of rotatable bonds is 4. The van der Waals surface area contributed by atoms with E-state index in [9.17, 15) is 4.79 Å². The van der Waals surface area contributed by atoms with Crippen LogP contribution in [0.4, 0.5) is 4.79 Å². The predicted octanol–water partition coefficient (Wildman–Crippen LogP) is 1.06. The molecule has 1 aliphatic heterocycles. The Morgan fingerprint density at radius 2 is 2.32 bits per heavy atom. The van der Waals surface area contributed by atoms with E-state index < -0.39 is 0 Å². The zero-order valence-electron chi connectivity index (χ0n) is 11.3. The number of nitrogens with one attached hydrogen (secondary N) is 2. The van der Waals surface area contributed by atoms with E-state index >= 15 is 0 Å². The van der Waals surface area contributed by atoms with Crippen molar-refractivity contribution in [3.05, 3.63) is 16.1 Å². The fourth-order valence-electron chi connectivity index (χ4n) is 2.78. The molecule has 0 aromatic carbocycles.